The Morgan fingerprint density at radius 2 is 1.83 bits per heavy atom. The first-order valence-electron chi connectivity index (χ1n) is 3.87. The molecular formula is C9H12FISi. The maximum Gasteiger partial charge on any atom is 0.135 e. The fourth-order valence-electron chi connectivity index (χ4n) is 1.08. The quantitative estimate of drug-likeness (QED) is 0.552. The minimum Gasteiger partial charge on any atom is -0.206 e. The lowest BCUT2D eigenvalue weighted by atomic mass is 10.3. The van der Waals surface area contributed by atoms with Crippen molar-refractivity contribution in [2.75, 3.05) is 0 Å². The van der Waals surface area contributed by atoms with Crippen LogP contribution in [0.5, 0.6) is 0 Å². The van der Waals surface area contributed by atoms with Crippen LogP contribution in [0.25, 0.3) is 0 Å². The van der Waals surface area contributed by atoms with E-state index in [1.165, 1.54) is 0 Å². The normalized spacial score (nSPS) is 11.8. The van der Waals surface area contributed by atoms with Gasteiger partial charge in [-0.05, 0) is 33.8 Å². The molecule has 66 valence electrons. The fourth-order valence-corrected chi connectivity index (χ4v) is 3.22. The molecule has 0 N–H and O–H groups in total. The first kappa shape index (κ1) is 10.2. The lowest BCUT2D eigenvalue weighted by Crippen LogP contribution is -2.40. The molecule has 0 saturated carbocycles. The summed E-state index contributed by atoms with van der Waals surface area (Å²) >= 11 is 2.04. The van der Waals surface area contributed by atoms with E-state index in [1.807, 2.05) is 34.7 Å². The molecule has 0 aliphatic heterocycles. The van der Waals surface area contributed by atoms with Crippen molar-refractivity contribution in [3.8, 4) is 0 Å². The molecule has 0 amide bonds. The average molecular weight is 294 g/mol. The minimum atomic E-state index is -1.49. The molecule has 0 aliphatic carbocycles. The standard InChI is InChI=1S/C9H12FISi/c1-12(2,3)8-6-4-5-7(11)9(8)10/h4-6H,1-3H3. The Balaban J connectivity index is 3.26. The van der Waals surface area contributed by atoms with Crippen LogP contribution < -0.4 is 5.19 Å². The molecular weight excluding hydrogens is 282 g/mol. The molecule has 0 aliphatic rings. The summed E-state index contributed by atoms with van der Waals surface area (Å²) in [7, 11) is -1.49. The van der Waals surface area contributed by atoms with E-state index >= 15 is 0 Å². The molecule has 0 aromatic heterocycles. The van der Waals surface area contributed by atoms with Crippen LogP contribution in [0.4, 0.5) is 4.39 Å². The molecule has 3 heteroatoms. The van der Waals surface area contributed by atoms with Gasteiger partial charge in [-0.15, -0.1) is 0 Å². The third-order valence-corrected chi connectivity index (χ3v) is 4.59. The van der Waals surface area contributed by atoms with Crippen LogP contribution in [0.1, 0.15) is 0 Å². The summed E-state index contributed by atoms with van der Waals surface area (Å²) in [4.78, 5) is 0. The summed E-state index contributed by atoms with van der Waals surface area (Å²) in [6, 6.07) is 5.64. The van der Waals surface area contributed by atoms with Crippen molar-refractivity contribution in [2.45, 2.75) is 19.6 Å². The largest absolute Gasteiger partial charge is 0.206 e. The highest BCUT2D eigenvalue weighted by molar-refractivity contribution is 14.1. The van der Waals surface area contributed by atoms with Gasteiger partial charge in [-0.1, -0.05) is 31.8 Å². The highest BCUT2D eigenvalue weighted by atomic mass is 127. The van der Waals surface area contributed by atoms with Crippen LogP contribution in [0.2, 0.25) is 19.6 Å². The molecule has 0 saturated heterocycles. The maximum atomic E-state index is 13.5. The third-order valence-electron chi connectivity index (χ3n) is 1.76. The van der Waals surface area contributed by atoms with E-state index in [0.29, 0.717) is 0 Å². The van der Waals surface area contributed by atoms with Crippen LogP contribution in [0.3, 0.4) is 0 Å². The maximum absolute atomic E-state index is 13.5. The number of halogens is 2. The molecule has 0 heterocycles. The van der Waals surface area contributed by atoms with Crippen molar-refractivity contribution in [2.24, 2.45) is 0 Å². The highest BCUT2D eigenvalue weighted by Crippen LogP contribution is 2.12. The Morgan fingerprint density at radius 1 is 1.25 bits per heavy atom. The molecule has 0 fully saturated rings. The molecule has 0 radical (unpaired) electrons. The fraction of sp³-hybridized carbons (Fsp3) is 0.333. The second-order valence-electron chi connectivity index (χ2n) is 3.85. The van der Waals surface area contributed by atoms with Gasteiger partial charge in [0.25, 0.3) is 0 Å². The van der Waals surface area contributed by atoms with Crippen LogP contribution >= 0.6 is 22.6 Å². The van der Waals surface area contributed by atoms with Gasteiger partial charge in [0.05, 0.1) is 8.07 Å². The van der Waals surface area contributed by atoms with Gasteiger partial charge in [0.2, 0.25) is 0 Å². The van der Waals surface area contributed by atoms with E-state index in [4.69, 9.17) is 0 Å². The zero-order chi connectivity index (χ0) is 9.35. The van der Waals surface area contributed by atoms with Gasteiger partial charge in [0, 0.05) is 3.57 Å². The topological polar surface area (TPSA) is 0 Å². The van der Waals surface area contributed by atoms with Crippen molar-refractivity contribution in [3.63, 3.8) is 0 Å². The minimum absolute atomic E-state index is 0.0164. The summed E-state index contributed by atoms with van der Waals surface area (Å²) in [5.74, 6) is -0.0164. The molecule has 0 bridgehead atoms. The average Bonchev–Trinajstić information content (AvgIpc) is 1.92. The van der Waals surface area contributed by atoms with Gasteiger partial charge in [-0.3, -0.25) is 0 Å². The van der Waals surface area contributed by atoms with Gasteiger partial charge < -0.3 is 0 Å². The van der Waals surface area contributed by atoms with Crippen molar-refractivity contribution in [3.05, 3.63) is 27.6 Å². The van der Waals surface area contributed by atoms with Gasteiger partial charge in [0.15, 0.2) is 0 Å². The number of hydrogen-bond acceptors (Lipinski definition) is 0. The van der Waals surface area contributed by atoms with E-state index in [1.54, 1.807) is 6.07 Å². The molecule has 0 spiro atoms. The van der Waals surface area contributed by atoms with Crippen molar-refractivity contribution in [1.82, 2.24) is 0 Å². The predicted octanol–water partition coefficient (Wildman–Crippen LogP) is 2.98. The van der Waals surface area contributed by atoms with Crippen LogP contribution in [-0.4, -0.2) is 8.07 Å². The summed E-state index contributed by atoms with van der Waals surface area (Å²) in [5, 5.41) is 0.925. The summed E-state index contributed by atoms with van der Waals surface area (Å²) in [6.07, 6.45) is 0. The van der Waals surface area contributed by atoms with E-state index in [9.17, 15) is 4.39 Å². The molecule has 12 heavy (non-hydrogen) atoms. The Kier molecular flexibility index (Phi) is 2.93. The predicted molar refractivity (Wildman–Crippen MR) is 62.1 cm³/mol. The lowest BCUT2D eigenvalue weighted by molar-refractivity contribution is 0.627. The van der Waals surface area contributed by atoms with Crippen molar-refractivity contribution < 1.29 is 4.39 Å². The Hall–Kier alpha value is 0.0969. The Labute approximate surface area is 87.3 Å². The molecule has 1 rings (SSSR count). The van der Waals surface area contributed by atoms with Crippen LogP contribution in [0, 0.1) is 9.39 Å². The zero-order valence-electron chi connectivity index (χ0n) is 7.49. The Morgan fingerprint density at radius 3 is 2.25 bits per heavy atom. The van der Waals surface area contributed by atoms with E-state index in [2.05, 4.69) is 19.6 Å². The van der Waals surface area contributed by atoms with E-state index in [-0.39, 0.29) is 5.82 Å². The van der Waals surface area contributed by atoms with Gasteiger partial charge in [-0.25, -0.2) is 4.39 Å². The lowest BCUT2D eigenvalue weighted by Gasteiger charge is -2.17. The number of hydrogen-bond donors (Lipinski definition) is 0. The summed E-state index contributed by atoms with van der Waals surface area (Å²) in [5.41, 5.74) is 0. The molecule has 1 aromatic rings. The Bertz CT molecular complexity index is 291. The summed E-state index contributed by atoms with van der Waals surface area (Å²) < 4.78 is 14.3. The highest BCUT2D eigenvalue weighted by Gasteiger charge is 2.21. The monoisotopic (exact) mass is 294 g/mol. The first-order valence-corrected chi connectivity index (χ1v) is 8.45. The van der Waals surface area contributed by atoms with Gasteiger partial charge in [0.1, 0.15) is 5.82 Å². The summed E-state index contributed by atoms with van der Waals surface area (Å²) in [6.45, 7) is 6.46. The first-order chi connectivity index (χ1) is 5.43. The SMILES string of the molecule is C[Si](C)(C)c1cccc(I)c1F. The zero-order valence-corrected chi connectivity index (χ0v) is 10.6. The second-order valence-corrected chi connectivity index (χ2v) is 10.1. The third kappa shape index (κ3) is 2.07. The molecule has 1 aromatic carbocycles. The van der Waals surface area contributed by atoms with Crippen LogP contribution in [0.15, 0.2) is 18.2 Å². The van der Waals surface area contributed by atoms with Crippen molar-refractivity contribution in [1.29, 1.82) is 0 Å². The van der Waals surface area contributed by atoms with Crippen LogP contribution in [-0.2, 0) is 0 Å². The second kappa shape index (κ2) is 3.45. The molecule has 0 nitrogen and oxygen atoms in total. The molecule has 0 unspecified atom stereocenters. The van der Waals surface area contributed by atoms with Gasteiger partial charge in [-0.2, -0.15) is 0 Å². The number of benzene rings is 1. The van der Waals surface area contributed by atoms with E-state index < -0.39 is 8.07 Å². The van der Waals surface area contributed by atoms with Gasteiger partial charge >= 0.3 is 0 Å². The smallest absolute Gasteiger partial charge is 0.135 e. The van der Waals surface area contributed by atoms with Crippen molar-refractivity contribution >= 4 is 35.9 Å². The number of rotatable bonds is 1. The van der Waals surface area contributed by atoms with E-state index in [0.717, 1.165) is 8.76 Å². The molecule has 0 atom stereocenters.